The van der Waals surface area contributed by atoms with E-state index < -0.39 is 17.9 Å². The predicted octanol–water partition coefficient (Wildman–Crippen LogP) is 5.38. The average molecular weight is 442 g/mol. The Morgan fingerprint density at radius 1 is 0.774 bits per heavy atom. The van der Waals surface area contributed by atoms with Gasteiger partial charge in [-0.25, -0.2) is 14.4 Å². The van der Waals surface area contributed by atoms with Crippen LogP contribution >= 0.6 is 0 Å². The van der Waals surface area contributed by atoms with Crippen LogP contribution in [0.2, 0.25) is 0 Å². The monoisotopic (exact) mass is 441 g/mol. The highest BCUT2D eigenvalue weighted by Crippen LogP contribution is 2.08. The Labute approximate surface area is 188 Å². The van der Waals surface area contributed by atoms with Gasteiger partial charge in [0.05, 0.1) is 0 Å². The lowest BCUT2D eigenvalue weighted by atomic mass is 10.1. The molecule has 0 aliphatic heterocycles. The van der Waals surface area contributed by atoms with Crippen LogP contribution in [0.1, 0.15) is 78.6 Å². The molecule has 0 aromatic carbocycles. The van der Waals surface area contributed by atoms with Crippen molar-refractivity contribution in [1.29, 1.82) is 0 Å². The van der Waals surface area contributed by atoms with Crippen LogP contribution in [0.5, 0.6) is 0 Å². The Hall–Kier alpha value is -2.41. The van der Waals surface area contributed by atoms with Crippen LogP contribution < -0.4 is 0 Å². The minimum Gasteiger partial charge on any atom is -0.478 e. The summed E-state index contributed by atoms with van der Waals surface area (Å²) in [7, 11) is 4.31. The van der Waals surface area contributed by atoms with E-state index in [9.17, 15) is 14.4 Å². The third-order valence-corrected chi connectivity index (χ3v) is 4.12. The molecule has 0 unspecified atom stereocenters. The van der Waals surface area contributed by atoms with Gasteiger partial charge in [0.25, 0.3) is 0 Å². The summed E-state index contributed by atoms with van der Waals surface area (Å²) >= 11 is 0. The van der Waals surface area contributed by atoms with Crippen molar-refractivity contribution >= 4 is 17.9 Å². The molecular formula is C24H43NO6. The van der Waals surface area contributed by atoms with Crippen LogP contribution in [0.15, 0.2) is 36.0 Å². The van der Waals surface area contributed by atoms with E-state index in [0.717, 1.165) is 0 Å². The van der Waals surface area contributed by atoms with Gasteiger partial charge in [-0.3, -0.25) is 0 Å². The summed E-state index contributed by atoms with van der Waals surface area (Å²) in [6.45, 7) is 12.8. The van der Waals surface area contributed by atoms with Gasteiger partial charge in [0.1, 0.15) is 0 Å². The standard InChI is InChI=1S/C12H27N.C8H10O4.C4H6O2/c1-4-5-6-7-8-9-10-11-12-13(2)3;1-5(7(9)10)3-4-6(2)8(11)12;1-3(2)4(5)6/h4-12H2,1-3H3;4H,1,3H2,2H3,(H,9,10)(H,11,12);1H2,2H3,(H,5,6). The second kappa shape index (κ2) is 22.3. The van der Waals surface area contributed by atoms with Crippen LogP contribution in [0.25, 0.3) is 0 Å². The van der Waals surface area contributed by atoms with Crippen molar-refractivity contribution in [2.24, 2.45) is 0 Å². The van der Waals surface area contributed by atoms with E-state index in [1.807, 2.05) is 0 Å². The summed E-state index contributed by atoms with van der Waals surface area (Å²) in [6.07, 6.45) is 12.8. The van der Waals surface area contributed by atoms with E-state index >= 15 is 0 Å². The number of aliphatic carboxylic acids is 3. The van der Waals surface area contributed by atoms with Crippen molar-refractivity contribution in [3.05, 3.63) is 36.0 Å². The lowest BCUT2D eigenvalue weighted by Crippen LogP contribution is -2.12. The summed E-state index contributed by atoms with van der Waals surface area (Å²) in [6, 6.07) is 0. The molecule has 0 bridgehead atoms. The molecule has 0 saturated heterocycles. The van der Waals surface area contributed by atoms with E-state index in [2.05, 4.69) is 39.1 Å². The summed E-state index contributed by atoms with van der Waals surface area (Å²) in [5, 5.41) is 24.6. The van der Waals surface area contributed by atoms with Crippen molar-refractivity contribution in [2.45, 2.75) is 78.6 Å². The van der Waals surface area contributed by atoms with Crippen molar-refractivity contribution in [3.63, 3.8) is 0 Å². The predicted molar refractivity (Wildman–Crippen MR) is 126 cm³/mol. The number of carboxylic acid groups (broad SMARTS) is 3. The van der Waals surface area contributed by atoms with E-state index in [0.29, 0.717) is 0 Å². The molecule has 0 aliphatic carbocycles. The Morgan fingerprint density at radius 2 is 1.19 bits per heavy atom. The Bertz CT molecular complexity index is 567. The summed E-state index contributed by atoms with van der Waals surface area (Å²) in [5.74, 6) is -3.09. The maximum Gasteiger partial charge on any atom is 0.331 e. The number of unbranched alkanes of at least 4 members (excludes halogenated alkanes) is 7. The second-order valence-corrected chi connectivity index (χ2v) is 7.67. The number of carboxylic acids is 3. The quantitative estimate of drug-likeness (QED) is 0.245. The van der Waals surface area contributed by atoms with Gasteiger partial charge in [-0.2, -0.15) is 0 Å². The Morgan fingerprint density at radius 3 is 1.52 bits per heavy atom. The first-order chi connectivity index (χ1) is 14.4. The molecule has 0 radical (unpaired) electrons. The fourth-order valence-electron chi connectivity index (χ4n) is 2.01. The van der Waals surface area contributed by atoms with Gasteiger partial charge in [0.2, 0.25) is 0 Å². The zero-order chi connectivity index (χ0) is 24.8. The zero-order valence-corrected chi connectivity index (χ0v) is 20.1. The number of rotatable bonds is 14. The van der Waals surface area contributed by atoms with Gasteiger partial charge in [0.15, 0.2) is 0 Å². The molecule has 180 valence electrons. The first-order valence-electron chi connectivity index (χ1n) is 10.7. The Kier molecular flexibility index (Phi) is 23.9. The summed E-state index contributed by atoms with van der Waals surface area (Å²) < 4.78 is 0. The van der Waals surface area contributed by atoms with Crippen molar-refractivity contribution < 1.29 is 29.7 Å². The van der Waals surface area contributed by atoms with Gasteiger partial charge >= 0.3 is 17.9 Å². The fraction of sp³-hybridized carbons (Fsp3) is 0.625. The third kappa shape index (κ3) is 29.9. The first-order valence-corrected chi connectivity index (χ1v) is 10.7. The SMILES string of the molecule is C=C(C)C(=O)O.C=C(CC=C(C)C(=O)O)C(=O)O.CCCCCCCCCCN(C)C. The van der Waals surface area contributed by atoms with Crippen molar-refractivity contribution in [3.8, 4) is 0 Å². The minimum atomic E-state index is -1.11. The molecule has 0 saturated carbocycles. The molecule has 0 rings (SSSR count). The van der Waals surface area contributed by atoms with Crippen LogP contribution in [-0.2, 0) is 14.4 Å². The van der Waals surface area contributed by atoms with E-state index in [1.54, 1.807) is 0 Å². The molecule has 0 fully saturated rings. The highest BCUT2D eigenvalue weighted by atomic mass is 16.4. The molecule has 31 heavy (non-hydrogen) atoms. The van der Waals surface area contributed by atoms with E-state index in [-0.39, 0.29) is 23.1 Å². The molecular weight excluding hydrogens is 398 g/mol. The van der Waals surface area contributed by atoms with Gasteiger partial charge in [0, 0.05) is 16.7 Å². The molecule has 0 aliphatic rings. The van der Waals surface area contributed by atoms with Crippen LogP contribution in [0.3, 0.4) is 0 Å². The fourth-order valence-corrected chi connectivity index (χ4v) is 2.01. The molecule has 0 atom stereocenters. The topological polar surface area (TPSA) is 115 Å². The highest BCUT2D eigenvalue weighted by Gasteiger charge is 2.03. The number of allylic oxidation sites excluding steroid dienone is 1. The summed E-state index contributed by atoms with van der Waals surface area (Å²) in [5.41, 5.74) is 0.281. The maximum absolute atomic E-state index is 10.2. The third-order valence-electron chi connectivity index (χ3n) is 4.12. The molecule has 0 amide bonds. The van der Waals surface area contributed by atoms with Crippen LogP contribution in [-0.4, -0.2) is 58.8 Å². The van der Waals surface area contributed by atoms with Crippen molar-refractivity contribution in [2.75, 3.05) is 20.6 Å². The maximum atomic E-state index is 10.2. The van der Waals surface area contributed by atoms with Gasteiger partial charge < -0.3 is 20.2 Å². The van der Waals surface area contributed by atoms with Crippen LogP contribution in [0, 0.1) is 0 Å². The number of nitrogens with zero attached hydrogens (tertiary/aromatic N) is 1. The lowest BCUT2D eigenvalue weighted by Gasteiger charge is -2.08. The first kappa shape index (κ1) is 33.2. The summed E-state index contributed by atoms with van der Waals surface area (Å²) in [4.78, 5) is 32.3. The van der Waals surface area contributed by atoms with Gasteiger partial charge in [-0.05, 0) is 47.3 Å². The number of hydrogen-bond acceptors (Lipinski definition) is 4. The molecule has 0 aromatic rings. The molecule has 3 N–H and O–H groups in total. The van der Waals surface area contributed by atoms with Crippen LogP contribution in [0.4, 0.5) is 0 Å². The van der Waals surface area contributed by atoms with E-state index in [1.165, 1.54) is 77.8 Å². The molecule has 7 nitrogen and oxygen atoms in total. The second-order valence-electron chi connectivity index (χ2n) is 7.67. The molecule has 0 spiro atoms. The average Bonchev–Trinajstić information content (AvgIpc) is 2.68. The van der Waals surface area contributed by atoms with Crippen molar-refractivity contribution in [1.82, 2.24) is 4.90 Å². The molecule has 0 aromatic heterocycles. The van der Waals surface area contributed by atoms with E-state index in [4.69, 9.17) is 15.3 Å². The Balaban J connectivity index is -0.000000405. The minimum absolute atomic E-state index is 0.0180. The zero-order valence-electron chi connectivity index (χ0n) is 20.1. The number of carbonyl (C=O) groups is 3. The van der Waals surface area contributed by atoms with Gasteiger partial charge in [-0.15, -0.1) is 0 Å². The molecule has 0 heterocycles. The highest BCUT2D eigenvalue weighted by molar-refractivity contribution is 5.88. The molecule has 7 heteroatoms. The largest absolute Gasteiger partial charge is 0.478 e. The smallest absolute Gasteiger partial charge is 0.331 e. The number of hydrogen-bond donors (Lipinski definition) is 3. The normalized spacial score (nSPS) is 10.3. The lowest BCUT2D eigenvalue weighted by molar-refractivity contribution is -0.133. The van der Waals surface area contributed by atoms with Gasteiger partial charge in [-0.1, -0.05) is 71.1 Å².